The molecule has 2 aliphatic rings. The van der Waals surface area contributed by atoms with Crippen molar-refractivity contribution >= 4 is 11.9 Å². The van der Waals surface area contributed by atoms with Crippen LogP contribution >= 0.6 is 0 Å². The number of hydrogen-bond acceptors (Lipinski definition) is 13. The molecule has 13 heteroatoms. The lowest BCUT2D eigenvalue weighted by atomic mass is 9.86. The van der Waals surface area contributed by atoms with Gasteiger partial charge in [-0.2, -0.15) is 0 Å². The number of aromatic hydroxyl groups is 2. The van der Waals surface area contributed by atoms with Crippen LogP contribution in [0, 0.1) is 5.92 Å². The summed E-state index contributed by atoms with van der Waals surface area (Å²) in [6.07, 6.45) is -6.39. The average molecular weight is 541 g/mol. The third kappa shape index (κ3) is 6.62. The standard InChI is InChI=1S/C25H32O13/c1-3-13-14(9-19(29)34-2)15(23(33)35-7-6-12-4-5-16(27)17(28)8-12)11-36-24(13)38-25-22(32)21(31)20(30)18(10-26)37-25/h3-5,8,11,14,18,20-22,24-28,30-32H,6-7,9-10H2,1-2H3/t14-,18-,20+,21+,22-,24+,25-/m0/s1. The van der Waals surface area contributed by atoms with Gasteiger partial charge in [-0.25, -0.2) is 4.79 Å². The smallest absolute Gasteiger partial charge is 0.337 e. The van der Waals surface area contributed by atoms with Crippen molar-refractivity contribution in [3.63, 3.8) is 0 Å². The fourth-order valence-corrected chi connectivity index (χ4v) is 4.13. The molecule has 0 unspecified atom stereocenters. The number of allylic oxidation sites excluding steroid dienone is 1. The van der Waals surface area contributed by atoms with Crippen molar-refractivity contribution in [3.05, 3.63) is 47.2 Å². The highest BCUT2D eigenvalue weighted by molar-refractivity contribution is 5.90. The van der Waals surface area contributed by atoms with E-state index in [1.807, 2.05) is 0 Å². The number of benzene rings is 1. The van der Waals surface area contributed by atoms with Crippen molar-refractivity contribution in [1.82, 2.24) is 0 Å². The number of phenolic OH excluding ortho intramolecular Hbond substituents is 2. The van der Waals surface area contributed by atoms with Crippen LogP contribution in [0.2, 0.25) is 0 Å². The Kier molecular flexibility index (Phi) is 10.1. The third-order valence-electron chi connectivity index (χ3n) is 6.31. The molecule has 0 aromatic heterocycles. The molecule has 0 spiro atoms. The maximum absolute atomic E-state index is 12.9. The number of ether oxygens (including phenoxy) is 5. The minimum atomic E-state index is -1.69. The van der Waals surface area contributed by atoms with Crippen molar-refractivity contribution in [2.45, 2.75) is 56.8 Å². The first-order valence-corrected chi connectivity index (χ1v) is 11.8. The summed E-state index contributed by atoms with van der Waals surface area (Å²) < 4.78 is 26.8. The molecule has 0 amide bonds. The lowest BCUT2D eigenvalue weighted by Gasteiger charge is -2.41. The summed E-state index contributed by atoms with van der Waals surface area (Å²) in [6.45, 7) is 0.872. The van der Waals surface area contributed by atoms with Crippen LogP contribution in [0.15, 0.2) is 41.7 Å². The summed E-state index contributed by atoms with van der Waals surface area (Å²) >= 11 is 0. The molecule has 1 aromatic rings. The highest BCUT2D eigenvalue weighted by atomic mass is 16.8. The van der Waals surface area contributed by atoms with Gasteiger partial charge in [0.25, 0.3) is 0 Å². The predicted octanol–water partition coefficient (Wildman–Crippen LogP) is -0.634. The van der Waals surface area contributed by atoms with E-state index in [0.717, 1.165) is 6.26 Å². The first kappa shape index (κ1) is 29.4. The van der Waals surface area contributed by atoms with Crippen molar-refractivity contribution in [3.8, 4) is 11.5 Å². The van der Waals surface area contributed by atoms with Crippen molar-refractivity contribution < 1.29 is 63.9 Å². The molecule has 210 valence electrons. The summed E-state index contributed by atoms with van der Waals surface area (Å²) in [6, 6.07) is 4.21. The molecule has 1 fully saturated rings. The predicted molar refractivity (Wildman–Crippen MR) is 126 cm³/mol. The van der Waals surface area contributed by atoms with E-state index in [4.69, 9.17) is 23.7 Å². The number of carbonyl (C=O) groups is 2. The second-order valence-corrected chi connectivity index (χ2v) is 8.71. The molecule has 13 nitrogen and oxygen atoms in total. The molecule has 0 saturated carbocycles. The van der Waals surface area contributed by atoms with E-state index < -0.39 is 61.5 Å². The van der Waals surface area contributed by atoms with Crippen LogP contribution in [0.4, 0.5) is 0 Å². The van der Waals surface area contributed by atoms with Gasteiger partial charge in [0.15, 0.2) is 17.8 Å². The van der Waals surface area contributed by atoms with E-state index in [9.17, 15) is 40.2 Å². The molecule has 0 bridgehead atoms. The molecule has 2 aliphatic heterocycles. The molecule has 2 heterocycles. The normalized spacial score (nSPS) is 30.3. The zero-order valence-corrected chi connectivity index (χ0v) is 20.8. The molecule has 7 atom stereocenters. The lowest BCUT2D eigenvalue weighted by molar-refractivity contribution is -0.327. The van der Waals surface area contributed by atoms with Gasteiger partial charge in [0, 0.05) is 17.9 Å². The number of phenols is 2. The molecule has 6 N–H and O–H groups in total. The summed E-state index contributed by atoms with van der Waals surface area (Å²) in [5.74, 6) is -2.91. The lowest BCUT2D eigenvalue weighted by Crippen LogP contribution is -2.60. The topological polar surface area (TPSA) is 202 Å². The maximum atomic E-state index is 12.9. The Morgan fingerprint density at radius 3 is 2.45 bits per heavy atom. The Morgan fingerprint density at radius 1 is 1.08 bits per heavy atom. The molecular weight excluding hydrogens is 508 g/mol. The molecule has 38 heavy (non-hydrogen) atoms. The number of hydrogen-bond donors (Lipinski definition) is 6. The van der Waals surface area contributed by atoms with Gasteiger partial charge in [0.05, 0.1) is 38.6 Å². The minimum absolute atomic E-state index is 0.00861. The number of aliphatic hydroxyl groups excluding tert-OH is 4. The highest BCUT2D eigenvalue weighted by Crippen LogP contribution is 2.36. The van der Waals surface area contributed by atoms with E-state index in [1.165, 1.54) is 19.2 Å². The average Bonchev–Trinajstić information content (AvgIpc) is 2.90. The largest absolute Gasteiger partial charge is 0.504 e. The maximum Gasteiger partial charge on any atom is 0.337 e. The van der Waals surface area contributed by atoms with E-state index >= 15 is 0 Å². The number of esters is 2. The van der Waals surface area contributed by atoms with Crippen LogP contribution in [-0.4, -0.2) is 99.9 Å². The molecule has 0 aliphatic carbocycles. The minimum Gasteiger partial charge on any atom is -0.504 e. The van der Waals surface area contributed by atoms with Crippen LogP contribution in [-0.2, 0) is 39.7 Å². The quantitative estimate of drug-likeness (QED) is 0.131. The zero-order chi connectivity index (χ0) is 28.0. The SMILES string of the molecule is CC=C1[C@@H](O[C@@H]2O[C@@H](CO)[C@@H](O)[C@@H](O)[C@@H]2O)OC=C(C(=O)OCCc2ccc(O)c(O)c2)[C@H]1CC(=O)OC. The number of rotatable bonds is 9. The fourth-order valence-electron chi connectivity index (χ4n) is 4.13. The molecular formula is C25H32O13. The van der Waals surface area contributed by atoms with E-state index in [1.54, 1.807) is 19.1 Å². The van der Waals surface area contributed by atoms with Crippen LogP contribution < -0.4 is 0 Å². The van der Waals surface area contributed by atoms with Crippen LogP contribution in [0.3, 0.4) is 0 Å². The van der Waals surface area contributed by atoms with Gasteiger partial charge in [-0.1, -0.05) is 12.1 Å². The molecule has 1 saturated heterocycles. The van der Waals surface area contributed by atoms with Crippen LogP contribution in [0.5, 0.6) is 11.5 Å². The Balaban J connectivity index is 1.75. The Bertz CT molecular complexity index is 1050. The first-order chi connectivity index (χ1) is 18.1. The van der Waals surface area contributed by atoms with E-state index in [-0.39, 0.29) is 36.5 Å². The summed E-state index contributed by atoms with van der Waals surface area (Å²) in [5.41, 5.74) is 0.895. The Hall–Kier alpha value is -3.20. The highest BCUT2D eigenvalue weighted by Gasteiger charge is 2.46. The van der Waals surface area contributed by atoms with Crippen LogP contribution in [0.25, 0.3) is 0 Å². The number of carbonyl (C=O) groups excluding carboxylic acids is 2. The second kappa shape index (κ2) is 13.0. The van der Waals surface area contributed by atoms with Gasteiger partial charge < -0.3 is 54.3 Å². The third-order valence-corrected chi connectivity index (χ3v) is 6.31. The van der Waals surface area contributed by atoms with E-state index in [2.05, 4.69) is 0 Å². The van der Waals surface area contributed by atoms with Crippen molar-refractivity contribution in [1.29, 1.82) is 0 Å². The number of methoxy groups -OCH3 is 1. The van der Waals surface area contributed by atoms with Gasteiger partial charge >= 0.3 is 11.9 Å². The Labute approximate surface area is 218 Å². The monoisotopic (exact) mass is 540 g/mol. The molecule has 0 radical (unpaired) electrons. The fraction of sp³-hybridized carbons (Fsp3) is 0.520. The van der Waals surface area contributed by atoms with Crippen molar-refractivity contribution in [2.75, 3.05) is 20.3 Å². The summed E-state index contributed by atoms with van der Waals surface area (Å²) in [4.78, 5) is 25.1. The van der Waals surface area contributed by atoms with E-state index in [0.29, 0.717) is 11.1 Å². The van der Waals surface area contributed by atoms with Gasteiger partial charge in [0.1, 0.15) is 24.4 Å². The molecule has 3 rings (SSSR count). The van der Waals surface area contributed by atoms with Gasteiger partial charge in [-0.15, -0.1) is 0 Å². The molecule has 1 aromatic carbocycles. The van der Waals surface area contributed by atoms with Gasteiger partial charge in [-0.05, 0) is 24.6 Å². The zero-order valence-electron chi connectivity index (χ0n) is 20.8. The van der Waals surface area contributed by atoms with Gasteiger partial charge in [-0.3, -0.25) is 4.79 Å². The summed E-state index contributed by atoms with van der Waals surface area (Å²) in [5, 5.41) is 58.8. The van der Waals surface area contributed by atoms with Crippen molar-refractivity contribution in [2.24, 2.45) is 5.92 Å². The first-order valence-electron chi connectivity index (χ1n) is 11.8. The number of aliphatic hydroxyl groups is 4. The van der Waals surface area contributed by atoms with Gasteiger partial charge in [0.2, 0.25) is 6.29 Å². The van der Waals surface area contributed by atoms with Crippen LogP contribution in [0.1, 0.15) is 18.9 Å². The Morgan fingerprint density at radius 2 is 1.82 bits per heavy atom. The summed E-state index contributed by atoms with van der Waals surface area (Å²) in [7, 11) is 1.19. The second-order valence-electron chi connectivity index (χ2n) is 8.71.